The molecule has 4 heteroatoms. The van der Waals surface area contributed by atoms with E-state index < -0.39 is 0 Å². The summed E-state index contributed by atoms with van der Waals surface area (Å²) in [5.41, 5.74) is 1.16. The quantitative estimate of drug-likeness (QED) is 0.889. The molecule has 0 amide bonds. The molecule has 100 valence electrons. The second-order valence-electron chi connectivity index (χ2n) is 5.00. The fraction of sp³-hybridized carbons (Fsp3) is 0.714. The third kappa shape index (κ3) is 2.57. The van der Waals surface area contributed by atoms with E-state index in [0.717, 1.165) is 23.7 Å². The molecule has 0 aliphatic heterocycles. The van der Waals surface area contributed by atoms with Gasteiger partial charge in [-0.25, -0.2) is 9.97 Å². The normalized spacial score (nSPS) is 16.6. The highest BCUT2D eigenvalue weighted by atomic mass is 15.2. The highest BCUT2D eigenvalue weighted by molar-refractivity contribution is 5.58. The van der Waals surface area contributed by atoms with E-state index in [9.17, 15) is 0 Å². The zero-order valence-electron chi connectivity index (χ0n) is 11.7. The van der Waals surface area contributed by atoms with Crippen molar-refractivity contribution in [1.82, 2.24) is 9.97 Å². The van der Waals surface area contributed by atoms with E-state index >= 15 is 0 Å². The number of nitrogens with zero attached hydrogens (tertiary/aromatic N) is 3. The summed E-state index contributed by atoms with van der Waals surface area (Å²) >= 11 is 0. The van der Waals surface area contributed by atoms with E-state index in [-0.39, 0.29) is 0 Å². The highest BCUT2D eigenvalue weighted by Gasteiger charge is 2.23. The van der Waals surface area contributed by atoms with Crippen molar-refractivity contribution in [1.29, 1.82) is 0 Å². The Kier molecular flexibility index (Phi) is 4.39. The van der Waals surface area contributed by atoms with Crippen LogP contribution in [0.2, 0.25) is 0 Å². The lowest BCUT2D eigenvalue weighted by Gasteiger charge is -2.35. The zero-order chi connectivity index (χ0) is 13.0. The molecule has 1 aromatic heterocycles. The van der Waals surface area contributed by atoms with Crippen LogP contribution >= 0.6 is 0 Å². The lowest BCUT2D eigenvalue weighted by molar-refractivity contribution is 0.416. The summed E-state index contributed by atoms with van der Waals surface area (Å²) in [7, 11) is 1.91. The van der Waals surface area contributed by atoms with Crippen LogP contribution in [0.1, 0.15) is 44.6 Å². The second kappa shape index (κ2) is 6.03. The summed E-state index contributed by atoms with van der Waals surface area (Å²) in [4.78, 5) is 11.2. The van der Waals surface area contributed by atoms with Gasteiger partial charge >= 0.3 is 0 Å². The number of rotatable bonds is 4. The van der Waals surface area contributed by atoms with Crippen LogP contribution in [0.25, 0.3) is 0 Å². The Hall–Kier alpha value is -1.32. The summed E-state index contributed by atoms with van der Waals surface area (Å²) in [6, 6.07) is 0.655. The van der Waals surface area contributed by atoms with Crippen molar-refractivity contribution in [2.75, 3.05) is 23.8 Å². The topological polar surface area (TPSA) is 41.1 Å². The van der Waals surface area contributed by atoms with Crippen LogP contribution < -0.4 is 10.2 Å². The number of hydrogen-bond acceptors (Lipinski definition) is 4. The molecule has 1 aromatic rings. The Morgan fingerprint density at radius 3 is 2.61 bits per heavy atom. The van der Waals surface area contributed by atoms with Crippen LogP contribution in [-0.4, -0.2) is 29.6 Å². The molecule has 0 radical (unpaired) electrons. The Morgan fingerprint density at radius 2 is 2.00 bits per heavy atom. The SMILES string of the molecule is CCN(c1ncnc(NC)c1C)C1CCCCC1. The first-order valence-electron chi connectivity index (χ1n) is 7.04. The molecule has 0 spiro atoms. The van der Waals surface area contributed by atoms with Gasteiger partial charge in [-0.2, -0.15) is 0 Å². The molecule has 4 nitrogen and oxygen atoms in total. The van der Waals surface area contributed by atoms with E-state index in [1.54, 1.807) is 6.33 Å². The van der Waals surface area contributed by atoms with Crippen LogP contribution in [0, 0.1) is 6.92 Å². The predicted molar refractivity (Wildman–Crippen MR) is 76.2 cm³/mol. The van der Waals surface area contributed by atoms with E-state index in [1.807, 2.05) is 7.05 Å². The van der Waals surface area contributed by atoms with Gasteiger partial charge in [0, 0.05) is 25.2 Å². The van der Waals surface area contributed by atoms with Crippen LogP contribution in [0.15, 0.2) is 6.33 Å². The number of hydrogen-bond donors (Lipinski definition) is 1. The van der Waals surface area contributed by atoms with Gasteiger partial charge in [-0.1, -0.05) is 19.3 Å². The molecule has 1 N–H and O–H groups in total. The molecule has 2 rings (SSSR count). The summed E-state index contributed by atoms with van der Waals surface area (Å²) in [5.74, 6) is 2.04. The van der Waals surface area contributed by atoms with E-state index in [4.69, 9.17) is 0 Å². The highest BCUT2D eigenvalue weighted by Crippen LogP contribution is 2.29. The molecule has 0 unspecified atom stereocenters. The van der Waals surface area contributed by atoms with Crippen molar-refractivity contribution in [3.05, 3.63) is 11.9 Å². The maximum Gasteiger partial charge on any atom is 0.137 e. The summed E-state index contributed by atoms with van der Waals surface area (Å²) in [6.45, 7) is 5.34. The summed E-state index contributed by atoms with van der Waals surface area (Å²) in [6.07, 6.45) is 8.35. The smallest absolute Gasteiger partial charge is 0.137 e. The largest absolute Gasteiger partial charge is 0.373 e. The zero-order valence-corrected chi connectivity index (χ0v) is 11.7. The van der Waals surface area contributed by atoms with Crippen molar-refractivity contribution in [2.45, 2.75) is 52.0 Å². The molecule has 1 fully saturated rings. The van der Waals surface area contributed by atoms with Crippen molar-refractivity contribution < 1.29 is 0 Å². The van der Waals surface area contributed by atoms with Crippen molar-refractivity contribution in [3.8, 4) is 0 Å². The van der Waals surface area contributed by atoms with Gasteiger partial charge in [0.2, 0.25) is 0 Å². The monoisotopic (exact) mass is 248 g/mol. The van der Waals surface area contributed by atoms with Gasteiger partial charge in [-0.15, -0.1) is 0 Å². The summed E-state index contributed by atoms with van der Waals surface area (Å²) < 4.78 is 0. The molecule has 18 heavy (non-hydrogen) atoms. The molecule has 0 bridgehead atoms. The molecule has 1 aliphatic carbocycles. The molecular weight excluding hydrogens is 224 g/mol. The van der Waals surface area contributed by atoms with Crippen molar-refractivity contribution >= 4 is 11.6 Å². The van der Waals surface area contributed by atoms with E-state index in [0.29, 0.717) is 6.04 Å². The van der Waals surface area contributed by atoms with Gasteiger partial charge in [-0.05, 0) is 26.7 Å². The molecule has 0 aromatic carbocycles. The summed E-state index contributed by atoms with van der Waals surface area (Å²) in [5, 5.41) is 3.14. The van der Waals surface area contributed by atoms with Crippen LogP contribution in [0.4, 0.5) is 11.6 Å². The first-order valence-corrected chi connectivity index (χ1v) is 7.04. The van der Waals surface area contributed by atoms with Gasteiger partial charge in [-0.3, -0.25) is 0 Å². The number of nitrogens with one attached hydrogen (secondary N) is 1. The molecule has 1 heterocycles. The first-order chi connectivity index (χ1) is 8.77. The minimum atomic E-state index is 0.655. The van der Waals surface area contributed by atoms with Gasteiger partial charge in [0.1, 0.15) is 18.0 Å². The standard InChI is InChI=1S/C14H24N4/c1-4-18(12-8-6-5-7-9-12)14-11(2)13(15-3)16-10-17-14/h10,12H,4-9H2,1-3H3,(H,15,16,17). The fourth-order valence-corrected chi connectivity index (χ4v) is 2.96. The Bertz CT molecular complexity index is 385. The van der Waals surface area contributed by atoms with Gasteiger partial charge in [0.25, 0.3) is 0 Å². The van der Waals surface area contributed by atoms with Gasteiger partial charge in [0.15, 0.2) is 0 Å². The van der Waals surface area contributed by atoms with Crippen molar-refractivity contribution in [2.24, 2.45) is 0 Å². The number of aromatic nitrogens is 2. The van der Waals surface area contributed by atoms with Crippen LogP contribution in [0.5, 0.6) is 0 Å². The van der Waals surface area contributed by atoms with Gasteiger partial charge in [0.05, 0.1) is 0 Å². The Morgan fingerprint density at radius 1 is 1.28 bits per heavy atom. The third-order valence-corrected chi connectivity index (χ3v) is 3.92. The predicted octanol–water partition coefficient (Wildman–Crippen LogP) is 2.99. The lowest BCUT2D eigenvalue weighted by atomic mass is 9.94. The third-order valence-electron chi connectivity index (χ3n) is 3.92. The minimum absolute atomic E-state index is 0.655. The maximum absolute atomic E-state index is 4.51. The molecule has 0 saturated heterocycles. The van der Waals surface area contributed by atoms with Gasteiger partial charge < -0.3 is 10.2 Å². The lowest BCUT2D eigenvalue weighted by Crippen LogP contribution is -2.37. The number of anilines is 2. The average molecular weight is 248 g/mol. The second-order valence-corrected chi connectivity index (χ2v) is 5.00. The van der Waals surface area contributed by atoms with Crippen LogP contribution in [0.3, 0.4) is 0 Å². The van der Waals surface area contributed by atoms with E-state index in [2.05, 4.69) is 34.0 Å². The average Bonchev–Trinajstić information content (AvgIpc) is 2.43. The maximum atomic E-state index is 4.51. The van der Waals surface area contributed by atoms with E-state index in [1.165, 1.54) is 32.1 Å². The molecule has 1 aliphatic rings. The first kappa shape index (κ1) is 13.1. The molecule has 1 saturated carbocycles. The fourth-order valence-electron chi connectivity index (χ4n) is 2.96. The minimum Gasteiger partial charge on any atom is -0.373 e. The van der Waals surface area contributed by atoms with Crippen molar-refractivity contribution in [3.63, 3.8) is 0 Å². The Balaban J connectivity index is 2.26. The van der Waals surface area contributed by atoms with Crippen LogP contribution in [-0.2, 0) is 0 Å². The molecule has 0 atom stereocenters. The Labute approximate surface area is 110 Å². The molecular formula is C14H24N4.